The van der Waals surface area contributed by atoms with Crippen LogP contribution in [0.4, 0.5) is 0 Å². The van der Waals surface area contributed by atoms with Gasteiger partial charge in [-0.1, -0.05) is 0 Å². The maximum absolute atomic E-state index is 11.9. The molecular weight excluding hydrogens is 262 g/mol. The highest BCUT2D eigenvalue weighted by molar-refractivity contribution is 5.95. The summed E-state index contributed by atoms with van der Waals surface area (Å²) in [5.41, 5.74) is -0.451. The van der Waals surface area contributed by atoms with E-state index in [4.69, 9.17) is 4.74 Å². The molecule has 0 aliphatic carbocycles. The van der Waals surface area contributed by atoms with Gasteiger partial charge in [0.25, 0.3) is 0 Å². The fourth-order valence-electron chi connectivity index (χ4n) is 2.09. The minimum atomic E-state index is -1.23. The highest BCUT2D eigenvalue weighted by atomic mass is 16.5. The van der Waals surface area contributed by atoms with Crippen molar-refractivity contribution in [2.75, 3.05) is 13.2 Å². The van der Waals surface area contributed by atoms with Crippen molar-refractivity contribution < 1.29 is 19.4 Å². The van der Waals surface area contributed by atoms with Crippen molar-refractivity contribution in [3.63, 3.8) is 0 Å². The number of carbonyl (C=O) groups excluding carboxylic acids is 1. The van der Waals surface area contributed by atoms with E-state index in [-0.39, 0.29) is 12.8 Å². The quantitative estimate of drug-likeness (QED) is 0.767. The number of rotatable bonds is 4. The van der Waals surface area contributed by atoms with Gasteiger partial charge in [-0.2, -0.15) is 5.10 Å². The molecule has 1 aliphatic rings. The predicted octanol–water partition coefficient (Wildman–Crippen LogP) is 0.183. The molecular formula is C13H17N3O4. The third-order valence-electron chi connectivity index (χ3n) is 3.27. The molecule has 0 bridgehead atoms. The van der Waals surface area contributed by atoms with Gasteiger partial charge >= 0.3 is 5.97 Å². The Bertz CT molecular complexity index is 529. The molecule has 2 heterocycles. The molecule has 1 saturated heterocycles. The molecule has 0 unspecified atom stereocenters. The Hall–Kier alpha value is -2.15. The third-order valence-corrected chi connectivity index (χ3v) is 3.27. The Balaban J connectivity index is 2.01. The van der Waals surface area contributed by atoms with Crippen LogP contribution in [-0.4, -0.2) is 45.5 Å². The topological polar surface area (TPSA) is 93.5 Å². The molecule has 7 heteroatoms. The molecule has 7 nitrogen and oxygen atoms in total. The minimum absolute atomic E-state index is 0.273. The Labute approximate surface area is 116 Å². The summed E-state index contributed by atoms with van der Waals surface area (Å²) in [5, 5.41) is 15.9. The largest absolute Gasteiger partial charge is 0.480 e. The Morgan fingerprint density at radius 1 is 1.50 bits per heavy atom. The van der Waals surface area contributed by atoms with Crippen molar-refractivity contribution in [2.45, 2.75) is 18.4 Å². The second-order valence-electron chi connectivity index (χ2n) is 4.77. The van der Waals surface area contributed by atoms with Gasteiger partial charge in [-0.15, -0.1) is 0 Å². The van der Waals surface area contributed by atoms with Crippen molar-refractivity contribution in [3.05, 3.63) is 24.0 Å². The average Bonchev–Trinajstić information content (AvgIpc) is 2.83. The zero-order valence-electron chi connectivity index (χ0n) is 11.2. The summed E-state index contributed by atoms with van der Waals surface area (Å²) in [6.45, 7) is 0.664. The number of amides is 1. The summed E-state index contributed by atoms with van der Waals surface area (Å²) < 4.78 is 6.76. The summed E-state index contributed by atoms with van der Waals surface area (Å²) in [5.74, 6) is -1.46. The second kappa shape index (κ2) is 5.87. The number of hydrogen-bond donors (Lipinski definition) is 2. The molecule has 1 aromatic rings. The lowest BCUT2D eigenvalue weighted by Gasteiger charge is -2.33. The molecule has 0 radical (unpaired) electrons. The zero-order valence-corrected chi connectivity index (χ0v) is 11.2. The number of nitrogens with one attached hydrogen (secondary N) is 1. The first-order valence-corrected chi connectivity index (χ1v) is 6.32. The van der Waals surface area contributed by atoms with Crippen LogP contribution in [0.25, 0.3) is 6.08 Å². The van der Waals surface area contributed by atoms with E-state index in [9.17, 15) is 14.7 Å². The first-order valence-electron chi connectivity index (χ1n) is 6.32. The van der Waals surface area contributed by atoms with Crippen LogP contribution in [0, 0.1) is 0 Å². The van der Waals surface area contributed by atoms with Crippen LogP contribution in [0.1, 0.15) is 18.4 Å². The van der Waals surface area contributed by atoms with Gasteiger partial charge in [0.15, 0.2) is 0 Å². The van der Waals surface area contributed by atoms with Crippen molar-refractivity contribution in [3.8, 4) is 0 Å². The fraction of sp³-hybridized carbons (Fsp3) is 0.462. The van der Waals surface area contributed by atoms with E-state index < -0.39 is 17.4 Å². The van der Waals surface area contributed by atoms with Gasteiger partial charge in [-0.05, 0) is 6.08 Å². The van der Waals surface area contributed by atoms with Crippen LogP contribution in [-0.2, 0) is 21.4 Å². The molecule has 1 aliphatic heterocycles. The Morgan fingerprint density at radius 3 is 2.75 bits per heavy atom. The molecule has 1 aromatic heterocycles. The fourth-order valence-corrected chi connectivity index (χ4v) is 2.09. The SMILES string of the molecule is Cn1cc(/C=C/C(=O)NC2(C(=O)O)CCOCC2)cn1. The number of carboxylic acid groups (broad SMARTS) is 1. The maximum Gasteiger partial charge on any atom is 0.329 e. The minimum Gasteiger partial charge on any atom is -0.480 e. The molecule has 0 saturated carbocycles. The van der Waals surface area contributed by atoms with Crippen LogP contribution in [0.3, 0.4) is 0 Å². The van der Waals surface area contributed by atoms with E-state index >= 15 is 0 Å². The van der Waals surface area contributed by atoms with Crippen LogP contribution >= 0.6 is 0 Å². The van der Waals surface area contributed by atoms with E-state index in [1.807, 2.05) is 0 Å². The summed E-state index contributed by atoms with van der Waals surface area (Å²) >= 11 is 0. The van der Waals surface area contributed by atoms with E-state index in [1.165, 1.54) is 6.08 Å². The van der Waals surface area contributed by atoms with E-state index in [2.05, 4.69) is 10.4 Å². The van der Waals surface area contributed by atoms with Gasteiger partial charge in [-0.3, -0.25) is 9.48 Å². The number of aryl methyl sites for hydroxylation is 1. The molecule has 1 amide bonds. The predicted molar refractivity (Wildman–Crippen MR) is 70.8 cm³/mol. The normalized spacial score (nSPS) is 18.1. The number of aromatic nitrogens is 2. The smallest absolute Gasteiger partial charge is 0.329 e. The lowest BCUT2D eigenvalue weighted by molar-refractivity contribution is -0.151. The van der Waals surface area contributed by atoms with Gasteiger partial charge in [0, 0.05) is 50.9 Å². The number of nitrogens with zero attached hydrogens (tertiary/aromatic N) is 2. The number of ether oxygens (including phenoxy) is 1. The van der Waals surface area contributed by atoms with Crippen molar-refractivity contribution in [1.82, 2.24) is 15.1 Å². The Kier molecular flexibility index (Phi) is 4.19. The second-order valence-corrected chi connectivity index (χ2v) is 4.77. The highest BCUT2D eigenvalue weighted by Crippen LogP contribution is 2.21. The maximum atomic E-state index is 11.9. The van der Waals surface area contributed by atoms with Gasteiger partial charge < -0.3 is 15.2 Å². The van der Waals surface area contributed by atoms with Gasteiger partial charge in [0.05, 0.1) is 6.20 Å². The average molecular weight is 279 g/mol. The molecule has 0 aromatic carbocycles. The zero-order chi connectivity index (χ0) is 14.6. The summed E-state index contributed by atoms with van der Waals surface area (Å²) in [6, 6.07) is 0. The number of carbonyl (C=O) groups is 2. The first-order chi connectivity index (χ1) is 9.52. The lowest BCUT2D eigenvalue weighted by atomic mass is 9.90. The number of carboxylic acids is 1. The standard InChI is InChI=1S/C13H17N3O4/c1-16-9-10(8-14-16)2-3-11(17)15-13(12(18)19)4-6-20-7-5-13/h2-3,8-9H,4-7H2,1H3,(H,15,17)(H,18,19)/b3-2+. The van der Waals surface area contributed by atoms with Crippen molar-refractivity contribution in [2.24, 2.45) is 7.05 Å². The molecule has 2 N–H and O–H groups in total. The number of aliphatic carboxylic acids is 1. The van der Waals surface area contributed by atoms with Crippen molar-refractivity contribution >= 4 is 18.0 Å². The van der Waals surface area contributed by atoms with E-state index in [1.54, 1.807) is 30.2 Å². The monoisotopic (exact) mass is 279 g/mol. The van der Waals surface area contributed by atoms with Gasteiger partial charge in [0.1, 0.15) is 5.54 Å². The summed E-state index contributed by atoms with van der Waals surface area (Å²) in [4.78, 5) is 23.3. The van der Waals surface area contributed by atoms with Crippen LogP contribution < -0.4 is 5.32 Å². The summed E-state index contributed by atoms with van der Waals surface area (Å²) in [6.07, 6.45) is 6.83. The Morgan fingerprint density at radius 2 is 2.20 bits per heavy atom. The molecule has 108 valence electrons. The van der Waals surface area contributed by atoms with Crippen LogP contribution in [0.15, 0.2) is 18.5 Å². The molecule has 20 heavy (non-hydrogen) atoms. The third kappa shape index (κ3) is 3.24. The molecule has 1 fully saturated rings. The van der Waals surface area contributed by atoms with Crippen LogP contribution in [0.2, 0.25) is 0 Å². The lowest BCUT2D eigenvalue weighted by Crippen LogP contribution is -2.57. The molecule has 0 atom stereocenters. The van der Waals surface area contributed by atoms with Crippen LogP contribution in [0.5, 0.6) is 0 Å². The number of hydrogen-bond acceptors (Lipinski definition) is 4. The first kappa shape index (κ1) is 14.3. The van der Waals surface area contributed by atoms with Gasteiger partial charge in [-0.25, -0.2) is 4.79 Å². The molecule has 0 spiro atoms. The summed E-state index contributed by atoms with van der Waals surface area (Å²) in [7, 11) is 1.78. The molecule has 2 rings (SSSR count). The van der Waals surface area contributed by atoms with E-state index in [0.29, 0.717) is 13.2 Å². The van der Waals surface area contributed by atoms with Crippen molar-refractivity contribution in [1.29, 1.82) is 0 Å². The van der Waals surface area contributed by atoms with Gasteiger partial charge in [0.2, 0.25) is 5.91 Å². The van der Waals surface area contributed by atoms with E-state index in [0.717, 1.165) is 5.56 Å². The highest BCUT2D eigenvalue weighted by Gasteiger charge is 2.41.